The predicted molar refractivity (Wildman–Crippen MR) is 491 cm³/mol. The van der Waals surface area contributed by atoms with Crippen LogP contribution in [0.1, 0.15) is 287 Å². The molecule has 1 amide bonds. The fourth-order valence-electron chi connectivity index (χ4n) is 10.7. The van der Waals surface area contributed by atoms with Gasteiger partial charge in [0.25, 0.3) is 0 Å². The number of methoxy groups -OCH3 is 1. The van der Waals surface area contributed by atoms with Gasteiger partial charge in [-0.1, -0.05) is 293 Å². The highest BCUT2D eigenvalue weighted by molar-refractivity contribution is 7.09. The molecule has 9 aromatic rings. The summed E-state index contributed by atoms with van der Waals surface area (Å²) in [5, 5.41) is 14.1. The van der Waals surface area contributed by atoms with Crippen LogP contribution in [0.15, 0.2) is 212 Å². The second-order valence-electron chi connectivity index (χ2n) is 39.4. The minimum Gasteiger partial charge on any atom is -0.497 e. The van der Waals surface area contributed by atoms with Gasteiger partial charge in [-0.2, -0.15) is 18.3 Å². The lowest BCUT2D eigenvalue weighted by Crippen LogP contribution is -2.21. The summed E-state index contributed by atoms with van der Waals surface area (Å²) in [5.41, 5.74) is 14.7. The summed E-state index contributed by atoms with van der Waals surface area (Å²) in [6.07, 6.45) is 15.3. The molecule has 636 valence electrons. The van der Waals surface area contributed by atoms with Gasteiger partial charge < -0.3 is 15.0 Å². The number of benzene rings is 3. The molecule has 2 unspecified atom stereocenters. The Morgan fingerprint density at radius 3 is 1.44 bits per heavy atom. The van der Waals surface area contributed by atoms with Crippen molar-refractivity contribution in [3.05, 3.63) is 289 Å². The van der Waals surface area contributed by atoms with Gasteiger partial charge in [0.2, 0.25) is 5.91 Å². The predicted octanol–water partition coefficient (Wildman–Crippen LogP) is 28.6. The standard InChI is InChI=1S/C12H19ClO.C12H15NO.C11H15Cl.C11H13F3.C11H16N2.3C9H13N.C8H14N2.C7H11NS/c1-8-6-9(12(2,3)4)11(14-5)7-10(8)13;1-12(2,3)9-5-4-8-6-11(14)13-10(8)7-9;1-8-5-6-9(12)7-10(8)11(2,3)4;1-10(2,3)8-5-4-6-9(7-8)11(12,13)14;1-11(2,3)10-12-8-6-4-5-7-9-13-10;1-9(2,3)8-4-6-10-7-5-8;1-9(2,3)8-5-4-6-10-7-8;1-9(2,3)8-6-4-5-7-10-8;1-6-5-7(10-9-6)8(2,3)4;1-7(2,3)6-8-4-5-9-6/h6-8,10H,1-5H3;4-5,7H,6H2,1-3H3,(H,13,14);5-7H,1-4H3;4-7H,1-3H3;4-9H,1-3H3,(H,12,13);3*4-7H,1-3H3;5H,1-4H3,(H,9,10);4-5H,1-3H3. The van der Waals surface area contributed by atoms with Gasteiger partial charge in [0.05, 0.1) is 35.2 Å². The number of aromatic nitrogens is 8. The minimum absolute atomic E-state index is 0.0519. The Labute approximate surface area is 712 Å². The molecule has 0 bridgehead atoms. The Kier molecular flexibility index (Phi) is 40.3. The first kappa shape index (κ1) is 104. The molecule has 2 aliphatic rings. The molecule has 2 atom stereocenters. The first-order chi connectivity index (χ1) is 53.0. The van der Waals surface area contributed by atoms with Crippen LogP contribution in [0.2, 0.25) is 5.02 Å². The number of hydrogen-bond acceptors (Lipinski definition) is 9. The van der Waals surface area contributed by atoms with Crippen LogP contribution in [0.3, 0.4) is 0 Å². The van der Waals surface area contributed by atoms with Crippen molar-refractivity contribution in [1.29, 1.82) is 0 Å². The van der Waals surface area contributed by atoms with Crippen LogP contribution in [0, 0.1) is 25.2 Å². The fourth-order valence-corrected chi connectivity index (χ4v) is 11.7. The van der Waals surface area contributed by atoms with E-state index in [1.165, 1.54) is 50.5 Å². The van der Waals surface area contributed by atoms with Crippen molar-refractivity contribution >= 4 is 46.1 Å². The number of H-pyrrole nitrogens is 2. The average molecular weight is 1650 g/mol. The minimum atomic E-state index is -4.25. The molecule has 17 heteroatoms. The van der Waals surface area contributed by atoms with Crippen molar-refractivity contribution < 1.29 is 22.7 Å². The van der Waals surface area contributed by atoms with E-state index in [1.54, 1.807) is 36.9 Å². The topological polar surface area (TPSA) is 147 Å². The molecule has 0 radical (unpaired) electrons. The Morgan fingerprint density at radius 2 is 1.03 bits per heavy atom. The van der Waals surface area contributed by atoms with Crippen LogP contribution in [0.5, 0.6) is 0 Å². The van der Waals surface area contributed by atoms with Gasteiger partial charge in [0, 0.05) is 98.7 Å². The molecule has 0 fully saturated rings. The molecule has 0 spiro atoms. The van der Waals surface area contributed by atoms with Crippen molar-refractivity contribution in [2.24, 2.45) is 11.3 Å². The molecule has 7 heterocycles. The molecule has 116 heavy (non-hydrogen) atoms. The molecule has 1 aliphatic carbocycles. The summed E-state index contributed by atoms with van der Waals surface area (Å²) < 4.78 is 42.4. The lowest BCUT2D eigenvalue weighted by molar-refractivity contribution is -0.137. The maximum atomic E-state index is 12.4. The van der Waals surface area contributed by atoms with E-state index in [1.807, 2.05) is 131 Å². The van der Waals surface area contributed by atoms with Crippen LogP contribution in [-0.4, -0.2) is 58.5 Å². The Bertz CT molecular complexity index is 4290. The summed E-state index contributed by atoms with van der Waals surface area (Å²) in [6.45, 7) is 70.6. The van der Waals surface area contributed by atoms with Crippen molar-refractivity contribution in [3.8, 4) is 0 Å². The van der Waals surface area contributed by atoms with Gasteiger partial charge in [-0.25, -0.2) is 9.97 Å². The second kappa shape index (κ2) is 45.1. The van der Waals surface area contributed by atoms with Crippen molar-refractivity contribution in [2.45, 2.75) is 295 Å². The van der Waals surface area contributed by atoms with Gasteiger partial charge in [-0.05, 0) is 176 Å². The summed E-state index contributed by atoms with van der Waals surface area (Å²) in [6, 6.07) is 41.8. The molecule has 11 nitrogen and oxygen atoms in total. The molecule has 1 aliphatic heterocycles. The van der Waals surface area contributed by atoms with E-state index < -0.39 is 11.7 Å². The zero-order chi connectivity index (χ0) is 88.9. The first-order valence-corrected chi connectivity index (χ1v) is 41.7. The van der Waals surface area contributed by atoms with E-state index in [0.717, 1.165) is 51.0 Å². The number of allylic oxidation sites excluding steroid dienone is 3. The highest BCUT2D eigenvalue weighted by atomic mass is 35.5. The molecule has 3 aromatic carbocycles. The van der Waals surface area contributed by atoms with Gasteiger partial charge in [-0.3, -0.25) is 24.8 Å². The van der Waals surface area contributed by atoms with Gasteiger partial charge in [-0.15, -0.1) is 22.9 Å². The third kappa shape index (κ3) is 39.8. The number of carbonyl (C=O) groups excluding carboxylic acids is 1. The zero-order valence-corrected chi connectivity index (χ0v) is 79.0. The van der Waals surface area contributed by atoms with E-state index in [0.29, 0.717) is 17.9 Å². The summed E-state index contributed by atoms with van der Waals surface area (Å²) in [7, 11) is 1.70. The van der Waals surface area contributed by atoms with Crippen LogP contribution in [-0.2, 0) is 70.9 Å². The number of hydrogen-bond donors (Lipinski definition) is 3. The number of nitrogens with one attached hydrogen (secondary N) is 3. The Hall–Kier alpha value is -8.24. The van der Waals surface area contributed by atoms with E-state index >= 15 is 0 Å². The highest BCUT2D eigenvalue weighted by Gasteiger charge is 2.32. The molecule has 0 saturated heterocycles. The average Bonchev–Trinajstić information content (AvgIpc) is 1.49. The molecule has 3 N–H and O–H groups in total. The number of thiazole rings is 1. The number of anilines is 1. The summed E-state index contributed by atoms with van der Waals surface area (Å²) in [5.74, 6) is 2.38. The van der Waals surface area contributed by atoms with Crippen LogP contribution >= 0.6 is 34.5 Å². The molecular formula is C99H142Cl2F3N9O2S. The van der Waals surface area contributed by atoms with Crippen molar-refractivity contribution in [1.82, 2.24) is 40.1 Å². The zero-order valence-electron chi connectivity index (χ0n) is 76.7. The number of aromatic amines is 2. The maximum Gasteiger partial charge on any atom is 0.416 e. The van der Waals surface area contributed by atoms with Crippen molar-refractivity contribution in [2.75, 3.05) is 12.4 Å². The van der Waals surface area contributed by atoms with E-state index in [9.17, 15) is 18.0 Å². The SMILES string of the molecule is CC(C)(C)c1ccc2c(c1)NC(=O)C2.CC(C)(C)c1cccc(C(F)(F)F)c1.CC(C)(C)c1ccccn1.CC(C)(C)c1cccnc1.CC(C)(C)c1ccncc1.CC(C)(C)c1ncccccc[nH]1.CC(C)(C)c1nccs1.COC1=CC(Cl)C(C)C=C1C(C)(C)C.Cc1cc(C(C)(C)C)n[nH]1.Cc1ccc(Cl)cc1C(C)(C)C. The number of aryl methyl sites for hydroxylation is 2. The van der Waals surface area contributed by atoms with Crippen LogP contribution < -0.4 is 5.32 Å². The van der Waals surface area contributed by atoms with Gasteiger partial charge in [0.15, 0.2) is 0 Å². The fraction of sp³-hybridized carbons (Fsp3) is 0.485. The number of amides is 1. The molecule has 6 aromatic heterocycles. The van der Waals surface area contributed by atoms with Crippen molar-refractivity contribution in [3.63, 3.8) is 0 Å². The van der Waals surface area contributed by atoms with E-state index in [-0.39, 0.29) is 65.4 Å². The third-order valence-electron chi connectivity index (χ3n) is 17.9. The maximum absolute atomic E-state index is 12.4. The number of pyridine rings is 3. The number of alkyl halides is 4. The highest BCUT2D eigenvalue weighted by Crippen LogP contribution is 2.39. The number of fused-ring (bicyclic) bond motifs is 1. The van der Waals surface area contributed by atoms with Gasteiger partial charge >= 0.3 is 6.18 Å². The number of halogens is 5. The van der Waals surface area contributed by atoms with E-state index in [2.05, 4.69) is 307 Å². The number of nitrogens with zero attached hydrogens (tertiary/aromatic N) is 6. The Balaban J connectivity index is 0.000000439. The number of ether oxygens (including phenoxy) is 1. The quantitative estimate of drug-likeness (QED) is 0.138. The largest absolute Gasteiger partial charge is 0.497 e. The summed E-state index contributed by atoms with van der Waals surface area (Å²) >= 11 is 13.8. The first-order valence-electron chi connectivity index (χ1n) is 40.0. The second-order valence-corrected chi connectivity index (χ2v) is 41.3. The number of carbonyl (C=O) groups is 1. The smallest absolute Gasteiger partial charge is 0.416 e. The lowest BCUT2D eigenvalue weighted by Gasteiger charge is -2.30. The lowest BCUT2D eigenvalue weighted by atomic mass is 9.80. The monoisotopic (exact) mass is 1650 g/mol. The summed E-state index contributed by atoms with van der Waals surface area (Å²) in [4.78, 5) is 35.1. The van der Waals surface area contributed by atoms with Crippen LogP contribution in [0.4, 0.5) is 18.9 Å². The van der Waals surface area contributed by atoms with E-state index in [4.69, 9.17) is 27.9 Å². The molecule has 0 saturated carbocycles. The van der Waals surface area contributed by atoms with Crippen LogP contribution in [0.25, 0.3) is 0 Å². The normalized spacial score (nSPS) is 14.1. The molecule has 11 rings (SSSR count). The Morgan fingerprint density at radius 1 is 0.474 bits per heavy atom. The molecular weight excluding hydrogens is 1510 g/mol. The van der Waals surface area contributed by atoms with Gasteiger partial charge in [0.1, 0.15) is 11.6 Å². The third-order valence-corrected chi connectivity index (χ3v) is 19.9. The number of rotatable bonds is 1.